The van der Waals surface area contributed by atoms with E-state index in [0.29, 0.717) is 5.82 Å². The van der Waals surface area contributed by atoms with Gasteiger partial charge in [-0.05, 0) is 26.0 Å². The molecule has 0 amide bonds. The highest BCUT2D eigenvalue weighted by atomic mass is 32.1. The summed E-state index contributed by atoms with van der Waals surface area (Å²) in [7, 11) is 0. The SMILES string of the molecule is Cc1ccc(-c2noc(C(C)O)n2)s1. The van der Waals surface area contributed by atoms with E-state index in [2.05, 4.69) is 10.1 Å². The molecule has 1 unspecified atom stereocenters. The number of hydrogen-bond donors (Lipinski definition) is 1. The van der Waals surface area contributed by atoms with Crippen LogP contribution in [0.5, 0.6) is 0 Å². The summed E-state index contributed by atoms with van der Waals surface area (Å²) >= 11 is 1.60. The van der Waals surface area contributed by atoms with E-state index in [0.717, 1.165) is 4.88 Å². The molecule has 0 saturated carbocycles. The van der Waals surface area contributed by atoms with Crippen molar-refractivity contribution in [3.63, 3.8) is 0 Å². The summed E-state index contributed by atoms with van der Waals surface area (Å²) in [4.78, 5) is 6.23. The fraction of sp³-hybridized carbons (Fsp3) is 0.333. The minimum absolute atomic E-state index is 0.256. The Kier molecular flexibility index (Phi) is 2.35. The normalized spacial score (nSPS) is 13.1. The number of aryl methyl sites for hydroxylation is 1. The van der Waals surface area contributed by atoms with E-state index in [-0.39, 0.29) is 5.89 Å². The third-order valence-corrected chi connectivity index (χ3v) is 2.76. The first-order valence-corrected chi connectivity index (χ1v) is 5.07. The van der Waals surface area contributed by atoms with Gasteiger partial charge in [0.2, 0.25) is 5.82 Å². The van der Waals surface area contributed by atoms with Crippen molar-refractivity contribution in [2.24, 2.45) is 0 Å². The third kappa shape index (κ3) is 1.69. The second kappa shape index (κ2) is 3.51. The van der Waals surface area contributed by atoms with Crippen LogP contribution in [0.4, 0.5) is 0 Å². The summed E-state index contributed by atoms with van der Waals surface area (Å²) in [5.41, 5.74) is 0. The lowest BCUT2D eigenvalue weighted by atomic mass is 10.4. The fourth-order valence-corrected chi connectivity index (χ4v) is 1.85. The average molecular weight is 210 g/mol. The highest BCUT2D eigenvalue weighted by Crippen LogP contribution is 2.25. The summed E-state index contributed by atoms with van der Waals surface area (Å²) in [6, 6.07) is 3.94. The number of nitrogens with zero attached hydrogens (tertiary/aromatic N) is 2. The Morgan fingerprint density at radius 3 is 2.79 bits per heavy atom. The quantitative estimate of drug-likeness (QED) is 0.825. The number of aromatic nitrogens is 2. The monoisotopic (exact) mass is 210 g/mol. The van der Waals surface area contributed by atoms with E-state index in [1.807, 2.05) is 19.1 Å². The van der Waals surface area contributed by atoms with Crippen molar-refractivity contribution in [1.29, 1.82) is 0 Å². The summed E-state index contributed by atoms with van der Waals surface area (Å²) in [5.74, 6) is 0.796. The maximum Gasteiger partial charge on any atom is 0.255 e. The molecule has 2 aromatic heterocycles. The Balaban J connectivity index is 2.33. The predicted molar refractivity (Wildman–Crippen MR) is 53.0 cm³/mol. The number of aliphatic hydroxyl groups is 1. The van der Waals surface area contributed by atoms with Gasteiger partial charge in [-0.1, -0.05) is 5.16 Å². The molecule has 0 saturated heterocycles. The Morgan fingerprint density at radius 1 is 1.50 bits per heavy atom. The van der Waals surface area contributed by atoms with Crippen LogP contribution in [0.2, 0.25) is 0 Å². The molecule has 1 atom stereocenters. The zero-order valence-electron chi connectivity index (χ0n) is 7.89. The van der Waals surface area contributed by atoms with Gasteiger partial charge in [-0.25, -0.2) is 0 Å². The molecule has 5 heteroatoms. The minimum Gasteiger partial charge on any atom is -0.384 e. The zero-order valence-corrected chi connectivity index (χ0v) is 8.71. The zero-order chi connectivity index (χ0) is 10.1. The topological polar surface area (TPSA) is 59.2 Å². The number of hydrogen-bond acceptors (Lipinski definition) is 5. The first-order chi connectivity index (χ1) is 6.66. The van der Waals surface area contributed by atoms with Crippen molar-refractivity contribution < 1.29 is 9.63 Å². The molecule has 2 rings (SSSR count). The van der Waals surface area contributed by atoms with Crippen LogP contribution in [0, 0.1) is 6.92 Å². The van der Waals surface area contributed by atoms with Crippen LogP contribution in [0.25, 0.3) is 10.7 Å². The molecule has 2 aromatic rings. The second-order valence-electron chi connectivity index (χ2n) is 3.04. The Hall–Kier alpha value is -1.20. The van der Waals surface area contributed by atoms with Gasteiger partial charge in [0, 0.05) is 4.88 Å². The van der Waals surface area contributed by atoms with Gasteiger partial charge in [0.05, 0.1) is 4.88 Å². The maximum absolute atomic E-state index is 9.20. The predicted octanol–water partition coefficient (Wildman–Crippen LogP) is 2.16. The summed E-state index contributed by atoms with van der Waals surface area (Å²) in [6.07, 6.45) is -0.711. The Bertz CT molecular complexity index is 433. The molecule has 1 N–H and O–H groups in total. The van der Waals surface area contributed by atoms with Gasteiger partial charge < -0.3 is 9.63 Å². The van der Waals surface area contributed by atoms with E-state index < -0.39 is 6.10 Å². The average Bonchev–Trinajstić information content (AvgIpc) is 2.70. The van der Waals surface area contributed by atoms with Crippen LogP contribution >= 0.6 is 11.3 Å². The van der Waals surface area contributed by atoms with Crippen molar-refractivity contribution in [2.75, 3.05) is 0 Å². The van der Waals surface area contributed by atoms with Crippen LogP contribution in [0.3, 0.4) is 0 Å². The molecular formula is C9H10N2O2S. The highest BCUT2D eigenvalue weighted by Gasteiger charge is 2.13. The first kappa shape index (κ1) is 9.36. The largest absolute Gasteiger partial charge is 0.384 e. The van der Waals surface area contributed by atoms with Crippen molar-refractivity contribution in [2.45, 2.75) is 20.0 Å². The first-order valence-electron chi connectivity index (χ1n) is 4.25. The standard InChI is InChI=1S/C9H10N2O2S/c1-5-3-4-7(14-5)8-10-9(6(2)12)13-11-8/h3-4,6,12H,1-2H3. The molecule has 0 aliphatic carbocycles. The van der Waals surface area contributed by atoms with Crippen LogP contribution in [0.1, 0.15) is 23.8 Å². The van der Waals surface area contributed by atoms with Gasteiger partial charge in [0.1, 0.15) is 6.10 Å². The van der Waals surface area contributed by atoms with E-state index in [4.69, 9.17) is 4.52 Å². The van der Waals surface area contributed by atoms with Crippen LogP contribution in [-0.2, 0) is 0 Å². The highest BCUT2D eigenvalue weighted by molar-refractivity contribution is 7.15. The van der Waals surface area contributed by atoms with E-state index in [1.54, 1.807) is 18.3 Å². The summed E-state index contributed by atoms with van der Waals surface area (Å²) in [6.45, 7) is 3.61. The number of rotatable bonds is 2. The molecule has 14 heavy (non-hydrogen) atoms. The van der Waals surface area contributed by atoms with Crippen molar-refractivity contribution in [3.8, 4) is 10.7 Å². The van der Waals surface area contributed by atoms with Gasteiger partial charge >= 0.3 is 0 Å². The molecule has 0 fully saturated rings. The molecule has 0 spiro atoms. The lowest BCUT2D eigenvalue weighted by molar-refractivity contribution is 0.152. The summed E-state index contributed by atoms with van der Waals surface area (Å²) < 4.78 is 4.89. The van der Waals surface area contributed by atoms with Crippen LogP contribution in [-0.4, -0.2) is 15.2 Å². The smallest absolute Gasteiger partial charge is 0.255 e. The van der Waals surface area contributed by atoms with E-state index >= 15 is 0 Å². The lowest BCUT2D eigenvalue weighted by Crippen LogP contribution is -1.89. The summed E-state index contributed by atoms with van der Waals surface area (Å²) in [5, 5.41) is 13.0. The Morgan fingerprint density at radius 2 is 2.29 bits per heavy atom. The molecule has 2 heterocycles. The number of thiophene rings is 1. The molecule has 0 bridgehead atoms. The van der Waals surface area contributed by atoms with Crippen LogP contribution < -0.4 is 0 Å². The van der Waals surface area contributed by atoms with Gasteiger partial charge in [-0.15, -0.1) is 11.3 Å². The van der Waals surface area contributed by atoms with Gasteiger partial charge in [0.15, 0.2) is 0 Å². The molecule has 74 valence electrons. The van der Waals surface area contributed by atoms with Gasteiger partial charge in [-0.3, -0.25) is 0 Å². The Labute approximate surface area is 85.2 Å². The molecule has 0 aliphatic rings. The molecule has 4 nitrogen and oxygen atoms in total. The van der Waals surface area contributed by atoms with Crippen molar-refractivity contribution in [3.05, 3.63) is 22.9 Å². The number of aliphatic hydroxyl groups excluding tert-OH is 1. The van der Waals surface area contributed by atoms with Gasteiger partial charge in [-0.2, -0.15) is 4.98 Å². The fourth-order valence-electron chi connectivity index (χ4n) is 1.06. The van der Waals surface area contributed by atoms with E-state index in [9.17, 15) is 5.11 Å². The van der Waals surface area contributed by atoms with Crippen molar-refractivity contribution >= 4 is 11.3 Å². The van der Waals surface area contributed by atoms with Crippen molar-refractivity contribution in [1.82, 2.24) is 10.1 Å². The molecule has 0 aromatic carbocycles. The second-order valence-corrected chi connectivity index (χ2v) is 4.33. The minimum atomic E-state index is -0.711. The molecule has 0 aliphatic heterocycles. The lowest BCUT2D eigenvalue weighted by Gasteiger charge is -1.91. The molecular weight excluding hydrogens is 200 g/mol. The molecule has 0 radical (unpaired) electrons. The third-order valence-electron chi connectivity index (χ3n) is 1.76. The van der Waals surface area contributed by atoms with Crippen LogP contribution in [0.15, 0.2) is 16.7 Å². The van der Waals surface area contributed by atoms with Gasteiger partial charge in [0.25, 0.3) is 5.89 Å². The maximum atomic E-state index is 9.20. The van der Waals surface area contributed by atoms with E-state index in [1.165, 1.54) is 4.88 Å².